The fourth-order valence-corrected chi connectivity index (χ4v) is 3.01. The van der Waals surface area contributed by atoms with Gasteiger partial charge in [-0.1, -0.05) is 45.7 Å². The second-order valence-electron chi connectivity index (χ2n) is 2.92. The predicted octanol–water partition coefficient (Wildman–Crippen LogP) is 3.68. The Kier molecular flexibility index (Phi) is 3.41. The Morgan fingerprint density at radius 3 is 2.73 bits per heavy atom. The lowest BCUT2D eigenvalue weighted by Crippen LogP contribution is -1.92. The van der Waals surface area contributed by atoms with Gasteiger partial charge in [-0.3, -0.25) is 0 Å². The van der Waals surface area contributed by atoms with E-state index in [0.717, 1.165) is 19.9 Å². The number of nitrogens with zero attached hydrogens (tertiary/aromatic N) is 1. The van der Waals surface area contributed by atoms with Crippen LogP contribution in [0.4, 0.5) is 0 Å². The second-order valence-corrected chi connectivity index (χ2v) is 5.21. The van der Waals surface area contributed by atoms with Crippen LogP contribution in [0.2, 0.25) is 5.15 Å². The van der Waals surface area contributed by atoms with E-state index in [1.54, 1.807) is 0 Å². The van der Waals surface area contributed by atoms with E-state index < -0.39 is 0 Å². The van der Waals surface area contributed by atoms with Gasteiger partial charge in [0.25, 0.3) is 0 Å². The summed E-state index contributed by atoms with van der Waals surface area (Å²) in [5.74, 6) is 0. The lowest BCUT2D eigenvalue weighted by molar-refractivity contribution is 1.10. The zero-order valence-electron chi connectivity index (χ0n) is 7.71. The van der Waals surface area contributed by atoms with Gasteiger partial charge in [0, 0.05) is 16.6 Å². The molecule has 15 heavy (non-hydrogen) atoms. The first-order chi connectivity index (χ1) is 7.22. The third-order valence-corrected chi connectivity index (χ3v) is 4.17. The van der Waals surface area contributed by atoms with Gasteiger partial charge in [0.15, 0.2) is 0 Å². The number of rotatable bonds is 2. The van der Waals surface area contributed by atoms with Crippen molar-refractivity contribution >= 4 is 38.9 Å². The van der Waals surface area contributed by atoms with Gasteiger partial charge >= 0.3 is 0 Å². The molecule has 0 saturated carbocycles. The van der Waals surface area contributed by atoms with Crippen LogP contribution in [-0.4, -0.2) is 4.98 Å². The molecule has 0 unspecified atom stereocenters. The zero-order chi connectivity index (χ0) is 10.8. The average Bonchev–Trinajstić information content (AvgIpc) is 2.60. The molecule has 0 atom stereocenters. The molecule has 1 aromatic carbocycles. The first kappa shape index (κ1) is 11.1. The Hall–Kier alpha value is -0.420. The maximum Gasteiger partial charge on any atom is 0.145 e. The molecule has 0 aliphatic heterocycles. The summed E-state index contributed by atoms with van der Waals surface area (Å²) in [5.41, 5.74) is 6.60. The summed E-state index contributed by atoms with van der Waals surface area (Å²) >= 11 is 11.0. The Bertz CT molecular complexity index is 484. The molecule has 2 N–H and O–H groups in total. The summed E-state index contributed by atoms with van der Waals surface area (Å²) in [6.07, 6.45) is 0. The molecule has 0 aliphatic carbocycles. The van der Waals surface area contributed by atoms with E-state index >= 15 is 0 Å². The van der Waals surface area contributed by atoms with E-state index in [9.17, 15) is 0 Å². The zero-order valence-corrected chi connectivity index (χ0v) is 10.9. The van der Waals surface area contributed by atoms with Crippen LogP contribution in [0.5, 0.6) is 0 Å². The van der Waals surface area contributed by atoms with E-state index in [0.29, 0.717) is 11.7 Å². The molecule has 0 radical (unpaired) electrons. The van der Waals surface area contributed by atoms with Crippen molar-refractivity contribution in [1.29, 1.82) is 0 Å². The molecule has 0 spiro atoms. The van der Waals surface area contributed by atoms with E-state index in [1.165, 1.54) is 11.3 Å². The molecular weight excluding hydrogens is 296 g/mol. The minimum Gasteiger partial charge on any atom is -0.326 e. The molecule has 2 nitrogen and oxygen atoms in total. The van der Waals surface area contributed by atoms with Crippen LogP contribution in [0.1, 0.15) is 4.88 Å². The molecule has 0 aliphatic rings. The first-order valence-corrected chi connectivity index (χ1v) is 6.31. The molecule has 78 valence electrons. The predicted molar refractivity (Wildman–Crippen MR) is 68.2 cm³/mol. The highest BCUT2D eigenvalue weighted by molar-refractivity contribution is 9.10. The highest BCUT2D eigenvalue weighted by atomic mass is 79.9. The summed E-state index contributed by atoms with van der Waals surface area (Å²) in [6, 6.07) is 7.91. The van der Waals surface area contributed by atoms with Crippen LogP contribution in [0, 0.1) is 0 Å². The second kappa shape index (κ2) is 4.61. The Balaban J connectivity index is 2.50. The quantitative estimate of drug-likeness (QED) is 0.919. The van der Waals surface area contributed by atoms with Crippen molar-refractivity contribution in [3.8, 4) is 10.6 Å². The van der Waals surface area contributed by atoms with Crippen molar-refractivity contribution in [2.45, 2.75) is 6.54 Å². The van der Waals surface area contributed by atoms with Gasteiger partial charge in [-0.25, -0.2) is 4.98 Å². The van der Waals surface area contributed by atoms with Crippen molar-refractivity contribution < 1.29 is 0 Å². The maximum absolute atomic E-state index is 5.95. The third-order valence-electron chi connectivity index (χ3n) is 1.94. The molecule has 0 fully saturated rings. The smallest absolute Gasteiger partial charge is 0.145 e. The summed E-state index contributed by atoms with van der Waals surface area (Å²) in [6.45, 7) is 0.432. The number of halogens is 2. The van der Waals surface area contributed by atoms with Crippen molar-refractivity contribution in [2.75, 3.05) is 0 Å². The summed E-state index contributed by atoms with van der Waals surface area (Å²) in [5, 5.41) is 1.40. The first-order valence-electron chi connectivity index (χ1n) is 4.32. The van der Waals surface area contributed by atoms with Crippen LogP contribution in [0.15, 0.2) is 28.7 Å². The summed E-state index contributed by atoms with van der Waals surface area (Å²) in [4.78, 5) is 5.21. The van der Waals surface area contributed by atoms with Crippen LogP contribution in [0.3, 0.4) is 0 Å². The van der Waals surface area contributed by atoms with Crippen molar-refractivity contribution in [2.24, 2.45) is 5.73 Å². The van der Waals surface area contributed by atoms with Crippen molar-refractivity contribution in [3.05, 3.63) is 38.8 Å². The molecule has 0 bridgehead atoms. The fraction of sp³-hybridized carbons (Fsp3) is 0.100. The fourth-order valence-electron chi connectivity index (χ4n) is 1.21. The van der Waals surface area contributed by atoms with E-state index in [2.05, 4.69) is 20.9 Å². The molecule has 5 heteroatoms. The van der Waals surface area contributed by atoms with Crippen LogP contribution >= 0.6 is 38.9 Å². The molecule has 1 heterocycles. The lowest BCUT2D eigenvalue weighted by atomic mass is 10.2. The minimum atomic E-state index is 0.432. The van der Waals surface area contributed by atoms with Gasteiger partial charge in [-0.05, 0) is 6.07 Å². The third kappa shape index (κ3) is 2.23. The molecule has 2 rings (SSSR count). The van der Waals surface area contributed by atoms with Crippen LogP contribution in [-0.2, 0) is 6.54 Å². The van der Waals surface area contributed by atoms with E-state index in [1.807, 2.05) is 24.3 Å². The van der Waals surface area contributed by atoms with Gasteiger partial charge in [-0.15, -0.1) is 11.3 Å². The number of hydrogen-bond acceptors (Lipinski definition) is 3. The normalized spacial score (nSPS) is 10.6. The average molecular weight is 304 g/mol. The Morgan fingerprint density at radius 1 is 1.40 bits per heavy atom. The van der Waals surface area contributed by atoms with Crippen molar-refractivity contribution in [1.82, 2.24) is 4.98 Å². The van der Waals surface area contributed by atoms with Gasteiger partial charge in [0.1, 0.15) is 10.2 Å². The topological polar surface area (TPSA) is 38.9 Å². The highest BCUT2D eigenvalue weighted by Gasteiger charge is 2.11. The van der Waals surface area contributed by atoms with Gasteiger partial charge < -0.3 is 5.73 Å². The summed E-state index contributed by atoms with van der Waals surface area (Å²) < 4.78 is 1.01. The molecular formula is C10H8BrClN2S. The Morgan fingerprint density at radius 2 is 2.13 bits per heavy atom. The van der Waals surface area contributed by atoms with Gasteiger partial charge in [0.2, 0.25) is 0 Å². The SMILES string of the molecule is NCc1sc(-c2ccccc2Br)nc1Cl. The van der Waals surface area contributed by atoms with Crippen LogP contribution in [0.25, 0.3) is 10.6 Å². The maximum atomic E-state index is 5.95. The molecule has 1 aromatic heterocycles. The highest BCUT2D eigenvalue weighted by Crippen LogP contribution is 2.34. The van der Waals surface area contributed by atoms with Crippen molar-refractivity contribution in [3.63, 3.8) is 0 Å². The number of thiazole rings is 1. The molecule has 0 amide bonds. The lowest BCUT2D eigenvalue weighted by Gasteiger charge is -1.98. The van der Waals surface area contributed by atoms with E-state index in [-0.39, 0.29) is 0 Å². The Labute approximate surface area is 105 Å². The number of hydrogen-bond donors (Lipinski definition) is 1. The number of aromatic nitrogens is 1. The standard InChI is InChI=1S/C10H8BrClN2S/c11-7-4-2-1-3-6(7)10-14-9(12)8(5-13)15-10/h1-4H,5,13H2. The minimum absolute atomic E-state index is 0.432. The van der Waals surface area contributed by atoms with Crippen LogP contribution < -0.4 is 5.73 Å². The summed E-state index contributed by atoms with van der Waals surface area (Å²) in [7, 11) is 0. The number of benzene rings is 1. The largest absolute Gasteiger partial charge is 0.326 e. The van der Waals surface area contributed by atoms with Gasteiger partial charge in [-0.2, -0.15) is 0 Å². The van der Waals surface area contributed by atoms with Gasteiger partial charge in [0.05, 0.1) is 4.88 Å². The monoisotopic (exact) mass is 302 g/mol. The van der Waals surface area contributed by atoms with E-state index in [4.69, 9.17) is 17.3 Å². The number of nitrogens with two attached hydrogens (primary N) is 1. The molecule has 0 saturated heterocycles. The molecule has 2 aromatic rings.